The van der Waals surface area contributed by atoms with Crippen LogP contribution < -0.4 is 48.4 Å². The molecule has 44 heteroatoms. The summed E-state index contributed by atoms with van der Waals surface area (Å²) in [5, 5.41) is 27.8. The van der Waals surface area contributed by atoms with Gasteiger partial charge < -0.3 is 41.3 Å². The van der Waals surface area contributed by atoms with E-state index >= 15 is 0 Å². The molecule has 0 saturated carbocycles. The van der Waals surface area contributed by atoms with Crippen molar-refractivity contribution in [2.75, 3.05) is 137 Å². The Morgan fingerprint density at radius 3 is 0.993 bits per heavy atom. The first-order valence-electron chi connectivity index (χ1n) is 47.7. The number of amides is 5. The molecular weight excluding hydrogens is 1870 g/mol. The summed E-state index contributed by atoms with van der Waals surface area (Å²) in [5.74, 6) is -0.804. The number of nitrogens with zero attached hydrogens (tertiary/aromatic N) is 18. The van der Waals surface area contributed by atoms with Gasteiger partial charge in [0.15, 0.2) is 0 Å². The Balaban J connectivity index is 0.000000159. The molecule has 5 amide bonds. The Kier molecular flexibility index (Phi) is 33.5. The van der Waals surface area contributed by atoms with Crippen LogP contribution in [0.3, 0.4) is 0 Å². The summed E-state index contributed by atoms with van der Waals surface area (Å²) in [5.41, 5.74) is 3.65. The number of piperidine rings is 3. The second kappa shape index (κ2) is 45.9. The van der Waals surface area contributed by atoms with Crippen molar-refractivity contribution >= 4 is 69.6 Å². The van der Waals surface area contributed by atoms with E-state index in [9.17, 15) is 72.0 Å². The third kappa shape index (κ3) is 23.4. The van der Waals surface area contributed by atoms with E-state index in [0.29, 0.717) is 208 Å². The monoisotopic (exact) mass is 2000 g/mol. The average molecular weight is 2000 g/mol. The largest absolute Gasteiger partial charge is 0.356 e. The molecule has 0 aliphatic carbocycles. The maximum Gasteiger partial charge on any atom is 0.329 e. The van der Waals surface area contributed by atoms with Crippen molar-refractivity contribution in [2.45, 2.75) is 135 Å². The van der Waals surface area contributed by atoms with Crippen LogP contribution in [0.2, 0.25) is 0 Å². The van der Waals surface area contributed by atoms with Gasteiger partial charge in [0.25, 0.3) is 23.6 Å². The summed E-state index contributed by atoms with van der Waals surface area (Å²) in [6, 6.07) is 43.3. The van der Waals surface area contributed by atoms with Crippen molar-refractivity contribution in [2.24, 2.45) is 27.1 Å². The molecular formula is C96H124N24O16S4. The molecule has 748 valence electrons. The van der Waals surface area contributed by atoms with E-state index < -0.39 is 63.9 Å². The number of aryl methyl sites for hydroxylation is 3. The van der Waals surface area contributed by atoms with Crippen LogP contribution in [0.5, 0.6) is 0 Å². The molecule has 6 saturated heterocycles. The Hall–Kier alpha value is -12.4. The molecule has 6 N–H and O–H groups in total. The first-order valence-corrected chi connectivity index (χ1v) is 53.5. The van der Waals surface area contributed by atoms with Crippen molar-refractivity contribution in [1.29, 1.82) is 0 Å². The van der Waals surface area contributed by atoms with Crippen molar-refractivity contribution in [3.05, 3.63) is 243 Å². The second-order valence-corrected chi connectivity index (χ2v) is 43.7. The Bertz CT molecular complexity index is 6840. The van der Waals surface area contributed by atoms with Gasteiger partial charge in [-0.1, -0.05) is 141 Å². The standard InChI is InChI=1S/C33H40N8O5S.C32H40N8O6S2.C31H44N8O5S/c1-37-24-28(22-36-37)47(45,46)39-18-8-14-27(23-39)41-29(25-10-4-2-5-11-25)30(32(43)38-20-16-34-17-21-38)40(33(41)44)19-9-15-35-31(42)26-12-6-3-7-13-26;1-36-24-28(22-34-36)48(45,46)38-18-8-12-26(23-38)40-29(25-10-4-2-5-11-25)30(31(41)37-20-16-33-17-21-37)39(32(40)42)19-9-15-35-47(43,44)27-13-6-3-7-14-27;1-23(2)19-27(40)33-12-8-16-38-29(30(41)36-17-13-32-14-18-36)28(24-9-5-4-6-10-24)39(31(38)42)25-11-7-15-37(21-25)45(43,44)26-20-34-35(3)22-26/h2-7,10-13,22,24,27,34H,8-9,14-21,23H2,1H3,(H,35,42);2-7,10-11,13-14,22,24,26,33,35H,8-9,12,15-21,23H2,1H3;4-6,9-10,20,22-23,25,32H,7-8,11-19,21H2,1-3H3,(H,33,40). The summed E-state index contributed by atoms with van der Waals surface area (Å²) in [7, 11) is -10.4. The number of benzene rings is 5. The van der Waals surface area contributed by atoms with Crippen molar-refractivity contribution < 1.29 is 57.6 Å². The molecule has 0 radical (unpaired) electrons. The van der Waals surface area contributed by atoms with E-state index in [1.807, 2.05) is 111 Å². The van der Waals surface area contributed by atoms with Crippen molar-refractivity contribution in [1.82, 2.24) is 116 Å². The molecule has 3 unspecified atom stereocenters. The van der Waals surface area contributed by atoms with Crippen LogP contribution >= 0.6 is 0 Å². The zero-order valence-electron chi connectivity index (χ0n) is 79.5. The van der Waals surface area contributed by atoms with Gasteiger partial charge in [-0.3, -0.25) is 65.4 Å². The number of sulfonamides is 4. The second-order valence-electron chi connectivity index (χ2n) is 36.1. The van der Waals surface area contributed by atoms with E-state index in [4.69, 9.17) is 0 Å². The highest BCUT2D eigenvalue weighted by Gasteiger charge is 2.43. The van der Waals surface area contributed by atoms with Crippen LogP contribution in [-0.2, 0) is 85.7 Å². The number of rotatable bonds is 32. The van der Waals surface area contributed by atoms with E-state index in [2.05, 4.69) is 46.6 Å². The topological polar surface area (TPSA) is 448 Å². The lowest BCUT2D eigenvalue weighted by Gasteiger charge is -2.33. The summed E-state index contributed by atoms with van der Waals surface area (Å²) >= 11 is 0. The first kappa shape index (κ1) is 102. The molecule has 3 atom stereocenters. The van der Waals surface area contributed by atoms with Gasteiger partial charge >= 0.3 is 17.1 Å². The van der Waals surface area contributed by atoms with Gasteiger partial charge in [0.2, 0.25) is 46.0 Å². The van der Waals surface area contributed by atoms with Crippen LogP contribution in [-0.4, -0.2) is 285 Å². The normalized spacial score (nSPS) is 17.8. The molecule has 0 bridgehead atoms. The molecule has 140 heavy (non-hydrogen) atoms. The molecule has 6 aliphatic heterocycles. The molecule has 40 nitrogen and oxygen atoms in total. The first-order chi connectivity index (χ1) is 67.4. The van der Waals surface area contributed by atoms with Gasteiger partial charge in [-0.2, -0.15) is 28.2 Å². The number of imidazole rings is 3. The van der Waals surface area contributed by atoms with Gasteiger partial charge in [0.05, 0.1) is 58.7 Å². The molecule has 0 spiro atoms. The minimum atomic E-state index is -3.88. The van der Waals surface area contributed by atoms with Crippen LogP contribution in [0.25, 0.3) is 33.8 Å². The lowest BCUT2D eigenvalue weighted by Crippen LogP contribution is -2.47. The van der Waals surface area contributed by atoms with Crippen molar-refractivity contribution in [3.8, 4) is 33.8 Å². The number of hydrogen-bond acceptors (Lipinski definition) is 22. The number of hydrogen-bond donors (Lipinski definition) is 6. The van der Waals surface area contributed by atoms with E-state index in [1.54, 1.807) is 92.0 Å². The van der Waals surface area contributed by atoms with Crippen LogP contribution in [0.1, 0.15) is 138 Å². The maximum atomic E-state index is 14.5. The number of aromatic nitrogens is 12. The summed E-state index contributed by atoms with van der Waals surface area (Å²) in [6.45, 7) is 13.1. The van der Waals surface area contributed by atoms with Gasteiger partial charge in [-0.15, -0.1) is 0 Å². The maximum absolute atomic E-state index is 14.5. The highest BCUT2D eigenvalue weighted by molar-refractivity contribution is 7.90. The fourth-order valence-electron chi connectivity index (χ4n) is 18.9. The molecule has 6 fully saturated rings. The van der Waals surface area contributed by atoms with Crippen LogP contribution in [0.4, 0.5) is 0 Å². The predicted molar refractivity (Wildman–Crippen MR) is 526 cm³/mol. The fraction of sp³-hybridized carbons (Fsp3) is 0.448. The quantitative estimate of drug-likeness (QED) is 0.0298. The zero-order chi connectivity index (χ0) is 99.0. The highest BCUT2D eigenvalue weighted by Crippen LogP contribution is 2.38. The number of nitrogens with one attached hydrogen (secondary N) is 6. The number of carbonyl (C=O) groups is 5. The van der Waals surface area contributed by atoms with Gasteiger partial charge in [0, 0.05) is 225 Å². The molecule has 17 rings (SSSR count). The summed E-state index contributed by atoms with van der Waals surface area (Å²) < 4.78 is 128. The molecule has 5 aromatic carbocycles. The third-order valence-electron chi connectivity index (χ3n) is 25.9. The Morgan fingerprint density at radius 1 is 0.386 bits per heavy atom. The third-order valence-corrected chi connectivity index (χ3v) is 32.8. The Morgan fingerprint density at radius 2 is 0.686 bits per heavy atom. The average Bonchev–Trinajstić information content (AvgIpc) is 1.59. The molecule has 12 heterocycles. The highest BCUT2D eigenvalue weighted by atomic mass is 32.2. The zero-order valence-corrected chi connectivity index (χ0v) is 82.7. The number of piperazine rings is 3. The van der Waals surface area contributed by atoms with Gasteiger partial charge in [-0.05, 0) is 88.0 Å². The fourth-order valence-corrected chi connectivity index (χ4v) is 24.5. The van der Waals surface area contributed by atoms with Crippen LogP contribution in [0, 0.1) is 5.92 Å². The molecule has 11 aromatic rings. The SMILES string of the molecule is CC(C)CC(=O)NCCCn1c(C(=O)N2CCNCC2)c(-c2ccccc2)n(C2CCCN(S(=O)(=O)c3cnn(C)c3)C2)c1=O.Cn1cc(S(=O)(=O)N2CCCC(n3c(-c4ccccc4)c(C(=O)N4CCNCC4)n(CCCNC(=O)c4ccccc4)c3=O)C2)cn1.Cn1cc(S(=O)(=O)N2CCCC(n3c(-c4ccccc4)c(C(=O)N4CCNCC4)n(CCCNS(=O)(=O)c4ccccc4)c3=O)C2)cn1. The van der Waals surface area contributed by atoms with E-state index in [1.165, 1.54) is 90.0 Å². The lowest BCUT2D eigenvalue weighted by atomic mass is 10.0. The summed E-state index contributed by atoms with van der Waals surface area (Å²) in [4.78, 5) is 117. The predicted octanol–water partition coefficient (Wildman–Crippen LogP) is 5.11. The molecule has 6 aromatic heterocycles. The van der Waals surface area contributed by atoms with Gasteiger partial charge in [-0.25, -0.2) is 52.8 Å². The van der Waals surface area contributed by atoms with Gasteiger partial charge in [0.1, 0.15) is 31.8 Å². The smallest absolute Gasteiger partial charge is 0.329 e. The minimum absolute atomic E-state index is 0.0390. The lowest BCUT2D eigenvalue weighted by molar-refractivity contribution is -0.121. The minimum Gasteiger partial charge on any atom is -0.356 e. The Labute approximate surface area is 814 Å². The van der Waals surface area contributed by atoms with E-state index in [-0.39, 0.29) is 137 Å². The molecule has 6 aliphatic rings. The number of carbonyl (C=O) groups excluding carboxylic acids is 5. The van der Waals surface area contributed by atoms with Crippen LogP contribution in [0.15, 0.2) is 223 Å². The van der Waals surface area contributed by atoms with Crippen molar-refractivity contribution in [3.63, 3.8) is 0 Å². The van der Waals surface area contributed by atoms with E-state index in [0.717, 1.165) is 0 Å². The summed E-state index contributed by atoms with van der Waals surface area (Å²) in [6.07, 6.45) is 13.2.